The van der Waals surface area contributed by atoms with Crippen LogP contribution in [0, 0.1) is 0 Å². The number of rotatable bonds is 9. The Morgan fingerprint density at radius 1 is 1.06 bits per heavy atom. The molecule has 3 heteroatoms. The molecule has 0 radical (unpaired) electrons. The largest absolute Gasteiger partial charge is 0.395 e. The van der Waals surface area contributed by atoms with E-state index in [4.69, 9.17) is 0 Å². The molecule has 0 amide bonds. The highest BCUT2D eigenvalue weighted by Crippen LogP contribution is 2.18. The normalized spacial score (nSPS) is 25.6. The number of unbranched alkanes of at least 4 members (excludes halogenated alkanes) is 6. The van der Waals surface area contributed by atoms with Gasteiger partial charge in [0.1, 0.15) is 0 Å². The molecule has 0 spiro atoms. The Labute approximate surface area is 106 Å². The molecule has 0 aromatic rings. The Morgan fingerprint density at radius 2 is 1.71 bits per heavy atom. The number of aliphatic hydroxyl groups excluding tert-OH is 2. The SMILES string of the molecule is CCCCCCCCCN1CC[C@@H](O)[C@@H]1CO. The summed E-state index contributed by atoms with van der Waals surface area (Å²) in [6.45, 7) is 4.32. The second kappa shape index (κ2) is 8.90. The minimum Gasteiger partial charge on any atom is -0.395 e. The van der Waals surface area contributed by atoms with Crippen LogP contribution in [-0.4, -0.2) is 47.0 Å². The lowest BCUT2D eigenvalue weighted by Crippen LogP contribution is -2.38. The fourth-order valence-electron chi connectivity index (χ4n) is 2.69. The lowest BCUT2D eigenvalue weighted by molar-refractivity contribution is 0.0707. The molecule has 0 unspecified atom stereocenters. The third-order valence-electron chi connectivity index (χ3n) is 3.86. The molecule has 1 fully saturated rings. The third kappa shape index (κ3) is 5.36. The zero-order valence-electron chi connectivity index (χ0n) is 11.3. The van der Waals surface area contributed by atoms with Gasteiger partial charge in [-0.15, -0.1) is 0 Å². The predicted molar refractivity (Wildman–Crippen MR) is 71.1 cm³/mol. The van der Waals surface area contributed by atoms with Crippen LogP contribution in [0.25, 0.3) is 0 Å². The first kappa shape index (κ1) is 14.9. The second-order valence-corrected chi connectivity index (χ2v) is 5.26. The van der Waals surface area contributed by atoms with Crippen LogP contribution in [0.4, 0.5) is 0 Å². The van der Waals surface area contributed by atoms with Crippen LogP contribution in [0.15, 0.2) is 0 Å². The molecule has 1 aliphatic rings. The maximum absolute atomic E-state index is 9.66. The Bertz CT molecular complexity index is 187. The van der Waals surface area contributed by atoms with E-state index in [1.54, 1.807) is 0 Å². The molecule has 0 aromatic heterocycles. The lowest BCUT2D eigenvalue weighted by atomic mass is 10.1. The van der Waals surface area contributed by atoms with Crippen molar-refractivity contribution in [1.29, 1.82) is 0 Å². The first-order chi connectivity index (χ1) is 8.29. The van der Waals surface area contributed by atoms with E-state index in [1.807, 2.05) is 0 Å². The molecule has 0 saturated carbocycles. The van der Waals surface area contributed by atoms with Crippen LogP contribution in [0.1, 0.15) is 58.3 Å². The average molecular weight is 243 g/mol. The van der Waals surface area contributed by atoms with Gasteiger partial charge in [0.15, 0.2) is 0 Å². The summed E-state index contributed by atoms with van der Waals surface area (Å²) in [5.74, 6) is 0. The molecular formula is C14H29NO2. The fourth-order valence-corrected chi connectivity index (χ4v) is 2.69. The number of nitrogens with zero attached hydrogens (tertiary/aromatic N) is 1. The van der Waals surface area contributed by atoms with Gasteiger partial charge in [-0.25, -0.2) is 0 Å². The van der Waals surface area contributed by atoms with Crippen LogP contribution < -0.4 is 0 Å². The van der Waals surface area contributed by atoms with Crippen molar-refractivity contribution < 1.29 is 10.2 Å². The van der Waals surface area contributed by atoms with Crippen LogP contribution in [0.3, 0.4) is 0 Å². The van der Waals surface area contributed by atoms with E-state index >= 15 is 0 Å². The first-order valence-electron chi connectivity index (χ1n) is 7.32. The molecule has 1 heterocycles. The smallest absolute Gasteiger partial charge is 0.0729 e. The van der Waals surface area contributed by atoms with E-state index in [0.717, 1.165) is 19.5 Å². The average Bonchev–Trinajstić information content (AvgIpc) is 2.69. The van der Waals surface area contributed by atoms with Gasteiger partial charge in [-0.3, -0.25) is 4.90 Å². The summed E-state index contributed by atoms with van der Waals surface area (Å²) in [5.41, 5.74) is 0. The molecule has 102 valence electrons. The molecular weight excluding hydrogens is 214 g/mol. The van der Waals surface area contributed by atoms with Crippen molar-refractivity contribution in [3.63, 3.8) is 0 Å². The summed E-state index contributed by atoms with van der Waals surface area (Å²) >= 11 is 0. The highest BCUT2D eigenvalue weighted by atomic mass is 16.3. The number of hydrogen-bond acceptors (Lipinski definition) is 3. The van der Waals surface area contributed by atoms with Crippen molar-refractivity contribution in [2.75, 3.05) is 19.7 Å². The molecule has 1 rings (SSSR count). The molecule has 2 atom stereocenters. The van der Waals surface area contributed by atoms with Gasteiger partial charge in [0, 0.05) is 6.54 Å². The van der Waals surface area contributed by atoms with E-state index in [-0.39, 0.29) is 18.8 Å². The van der Waals surface area contributed by atoms with Gasteiger partial charge in [-0.05, 0) is 19.4 Å². The van der Waals surface area contributed by atoms with E-state index in [0.29, 0.717) is 0 Å². The van der Waals surface area contributed by atoms with E-state index < -0.39 is 0 Å². The molecule has 1 saturated heterocycles. The summed E-state index contributed by atoms with van der Waals surface area (Å²) in [4.78, 5) is 2.25. The van der Waals surface area contributed by atoms with Gasteiger partial charge in [-0.1, -0.05) is 45.4 Å². The summed E-state index contributed by atoms with van der Waals surface area (Å²) in [5, 5.41) is 18.9. The zero-order chi connectivity index (χ0) is 12.5. The quantitative estimate of drug-likeness (QED) is 0.610. The zero-order valence-corrected chi connectivity index (χ0v) is 11.3. The lowest BCUT2D eigenvalue weighted by Gasteiger charge is -2.24. The highest BCUT2D eigenvalue weighted by molar-refractivity contribution is 4.86. The van der Waals surface area contributed by atoms with Gasteiger partial charge >= 0.3 is 0 Å². The fraction of sp³-hybridized carbons (Fsp3) is 1.00. The minimum absolute atomic E-state index is 0.00455. The first-order valence-corrected chi connectivity index (χ1v) is 7.32. The molecule has 2 N–H and O–H groups in total. The summed E-state index contributed by atoms with van der Waals surface area (Å²) < 4.78 is 0. The van der Waals surface area contributed by atoms with Gasteiger partial charge in [-0.2, -0.15) is 0 Å². The van der Waals surface area contributed by atoms with Crippen LogP contribution in [0.2, 0.25) is 0 Å². The van der Waals surface area contributed by atoms with E-state index in [9.17, 15) is 10.2 Å². The molecule has 1 aliphatic heterocycles. The van der Waals surface area contributed by atoms with Crippen molar-refractivity contribution in [3.8, 4) is 0 Å². The molecule has 0 aliphatic carbocycles. The van der Waals surface area contributed by atoms with Gasteiger partial charge in [0.25, 0.3) is 0 Å². The predicted octanol–water partition coefficient (Wildman–Crippen LogP) is 2.16. The van der Waals surface area contributed by atoms with Crippen molar-refractivity contribution in [3.05, 3.63) is 0 Å². The third-order valence-corrected chi connectivity index (χ3v) is 3.86. The summed E-state index contributed by atoms with van der Waals surface area (Å²) in [7, 11) is 0. The van der Waals surface area contributed by atoms with Crippen LogP contribution >= 0.6 is 0 Å². The Hall–Kier alpha value is -0.120. The maximum atomic E-state index is 9.66. The van der Waals surface area contributed by atoms with Crippen LogP contribution in [-0.2, 0) is 0 Å². The molecule has 0 bridgehead atoms. The number of aliphatic hydroxyl groups is 2. The monoisotopic (exact) mass is 243 g/mol. The minimum atomic E-state index is -0.315. The number of hydrogen-bond donors (Lipinski definition) is 2. The highest BCUT2D eigenvalue weighted by Gasteiger charge is 2.31. The van der Waals surface area contributed by atoms with Crippen molar-refractivity contribution in [2.45, 2.75) is 70.4 Å². The van der Waals surface area contributed by atoms with Gasteiger partial charge < -0.3 is 10.2 Å². The Morgan fingerprint density at radius 3 is 2.35 bits per heavy atom. The standard InChI is InChI=1S/C14H29NO2/c1-2-3-4-5-6-7-8-10-15-11-9-14(17)13(15)12-16/h13-14,16-17H,2-12H2,1H3/t13-,14+/m0/s1. The van der Waals surface area contributed by atoms with Crippen LogP contribution in [0.5, 0.6) is 0 Å². The molecule has 3 nitrogen and oxygen atoms in total. The maximum Gasteiger partial charge on any atom is 0.0729 e. The molecule has 0 aromatic carbocycles. The van der Waals surface area contributed by atoms with Gasteiger partial charge in [0.05, 0.1) is 18.8 Å². The topological polar surface area (TPSA) is 43.7 Å². The van der Waals surface area contributed by atoms with E-state index in [1.165, 1.54) is 44.9 Å². The summed E-state index contributed by atoms with van der Waals surface area (Å²) in [6, 6.07) is -0.00455. The Balaban J connectivity index is 1.99. The second-order valence-electron chi connectivity index (χ2n) is 5.26. The van der Waals surface area contributed by atoms with Crippen molar-refractivity contribution >= 4 is 0 Å². The number of likely N-dealkylation sites (tertiary alicyclic amines) is 1. The van der Waals surface area contributed by atoms with Crippen molar-refractivity contribution in [1.82, 2.24) is 4.90 Å². The Kier molecular flexibility index (Phi) is 7.82. The van der Waals surface area contributed by atoms with Crippen molar-refractivity contribution in [2.24, 2.45) is 0 Å². The van der Waals surface area contributed by atoms with E-state index in [2.05, 4.69) is 11.8 Å². The summed E-state index contributed by atoms with van der Waals surface area (Å²) in [6.07, 6.45) is 9.74. The molecule has 17 heavy (non-hydrogen) atoms. The van der Waals surface area contributed by atoms with Gasteiger partial charge in [0.2, 0.25) is 0 Å².